The van der Waals surface area contributed by atoms with Crippen LogP contribution in [-0.2, 0) is 11.2 Å². The summed E-state index contributed by atoms with van der Waals surface area (Å²) in [6.07, 6.45) is 1.55. The van der Waals surface area contributed by atoms with Gasteiger partial charge in [-0.15, -0.1) is 0 Å². The first kappa shape index (κ1) is 14.5. The SMILES string of the molecule is Nc1ccc(C(=O)NC(Cc2ccccc2)C(=O)O)nc1. The molecule has 0 aliphatic heterocycles. The molecule has 4 N–H and O–H groups in total. The minimum absolute atomic E-state index is 0.128. The molecule has 0 saturated heterocycles. The normalized spacial score (nSPS) is 11.6. The number of nitrogen functional groups attached to an aromatic ring is 1. The Bertz CT molecular complexity index is 626. The van der Waals surface area contributed by atoms with E-state index < -0.39 is 17.9 Å². The van der Waals surface area contributed by atoms with Crippen molar-refractivity contribution in [1.29, 1.82) is 0 Å². The highest BCUT2D eigenvalue weighted by molar-refractivity contribution is 5.95. The molecule has 1 aromatic carbocycles. The van der Waals surface area contributed by atoms with E-state index in [2.05, 4.69) is 10.3 Å². The number of carboxylic acid groups (broad SMARTS) is 1. The molecule has 0 radical (unpaired) electrons. The molecule has 108 valence electrons. The van der Waals surface area contributed by atoms with Crippen LogP contribution in [0.2, 0.25) is 0 Å². The van der Waals surface area contributed by atoms with Crippen LogP contribution in [0.25, 0.3) is 0 Å². The van der Waals surface area contributed by atoms with Gasteiger partial charge in [-0.3, -0.25) is 4.79 Å². The summed E-state index contributed by atoms with van der Waals surface area (Å²) >= 11 is 0. The summed E-state index contributed by atoms with van der Waals surface area (Å²) in [6.45, 7) is 0. The summed E-state index contributed by atoms with van der Waals surface area (Å²) in [6, 6.07) is 11.1. The number of hydrogen-bond donors (Lipinski definition) is 3. The molecule has 1 aromatic heterocycles. The average Bonchev–Trinajstić information content (AvgIpc) is 2.48. The number of carboxylic acids is 1. The predicted octanol–water partition coefficient (Wildman–Crippen LogP) is 1.09. The number of nitrogens with one attached hydrogen (secondary N) is 1. The molecule has 0 bridgehead atoms. The largest absolute Gasteiger partial charge is 0.480 e. The summed E-state index contributed by atoms with van der Waals surface area (Å²) in [5, 5.41) is 11.7. The van der Waals surface area contributed by atoms with Gasteiger partial charge in [0.15, 0.2) is 0 Å². The van der Waals surface area contributed by atoms with Crippen molar-refractivity contribution in [3.63, 3.8) is 0 Å². The van der Waals surface area contributed by atoms with Crippen LogP contribution >= 0.6 is 0 Å². The Morgan fingerprint density at radius 1 is 1.19 bits per heavy atom. The van der Waals surface area contributed by atoms with Crippen LogP contribution in [0.3, 0.4) is 0 Å². The van der Waals surface area contributed by atoms with E-state index in [9.17, 15) is 14.7 Å². The number of aliphatic carboxylic acids is 1. The molecule has 1 amide bonds. The standard InChI is InChI=1S/C15H15N3O3/c16-11-6-7-12(17-9-11)14(19)18-13(15(20)21)8-10-4-2-1-3-5-10/h1-7,9,13H,8,16H2,(H,18,19)(H,20,21). The van der Waals surface area contributed by atoms with Crippen LogP contribution in [0.15, 0.2) is 48.7 Å². The van der Waals surface area contributed by atoms with Gasteiger partial charge in [0.05, 0.1) is 11.9 Å². The van der Waals surface area contributed by atoms with E-state index >= 15 is 0 Å². The molecule has 1 heterocycles. The molecule has 0 saturated carbocycles. The van der Waals surface area contributed by atoms with Crippen molar-refractivity contribution in [3.8, 4) is 0 Å². The quantitative estimate of drug-likeness (QED) is 0.762. The molecule has 1 atom stereocenters. The van der Waals surface area contributed by atoms with E-state index in [1.54, 1.807) is 0 Å². The molecule has 2 aromatic rings. The lowest BCUT2D eigenvalue weighted by molar-refractivity contribution is -0.139. The minimum Gasteiger partial charge on any atom is -0.480 e. The molecular weight excluding hydrogens is 270 g/mol. The second-order valence-corrected chi connectivity index (χ2v) is 4.53. The number of pyridine rings is 1. The van der Waals surface area contributed by atoms with E-state index in [-0.39, 0.29) is 12.1 Å². The maximum absolute atomic E-state index is 12.0. The Morgan fingerprint density at radius 2 is 1.90 bits per heavy atom. The molecule has 0 aliphatic carbocycles. The first-order chi connectivity index (χ1) is 10.1. The van der Waals surface area contributed by atoms with Gasteiger partial charge < -0.3 is 16.2 Å². The van der Waals surface area contributed by atoms with Crippen LogP contribution in [0, 0.1) is 0 Å². The van der Waals surface area contributed by atoms with Crippen molar-refractivity contribution in [2.24, 2.45) is 0 Å². The zero-order valence-electron chi connectivity index (χ0n) is 11.2. The maximum Gasteiger partial charge on any atom is 0.326 e. The number of anilines is 1. The van der Waals surface area contributed by atoms with Crippen molar-refractivity contribution in [1.82, 2.24) is 10.3 Å². The van der Waals surface area contributed by atoms with Gasteiger partial charge >= 0.3 is 5.97 Å². The molecule has 6 nitrogen and oxygen atoms in total. The summed E-state index contributed by atoms with van der Waals surface area (Å²) in [5.74, 6) is -1.64. The molecule has 1 unspecified atom stereocenters. The van der Waals surface area contributed by atoms with Crippen LogP contribution < -0.4 is 11.1 Å². The van der Waals surface area contributed by atoms with E-state index in [1.807, 2.05) is 30.3 Å². The first-order valence-corrected chi connectivity index (χ1v) is 6.35. The van der Waals surface area contributed by atoms with Crippen LogP contribution in [0.1, 0.15) is 16.1 Å². The molecule has 2 rings (SSSR count). The fourth-order valence-electron chi connectivity index (χ4n) is 1.82. The predicted molar refractivity (Wildman–Crippen MR) is 77.7 cm³/mol. The van der Waals surface area contributed by atoms with Crippen molar-refractivity contribution in [2.45, 2.75) is 12.5 Å². The number of amides is 1. The Labute approximate surface area is 121 Å². The van der Waals surface area contributed by atoms with E-state index in [0.29, 0.717) is 5.69 Å². The van der Waals surface area contributed by atoms with E-state index in [4.69, 9.17) is 5.73 Å². The van der Waals surface area contributed by atoms with Crippen molar-refractivity contribution < 1.29 is 14.7 Å². The highest BCUT2D eigenvalue weighted by atomic mass is 16.4. The van der Waals surface area contributed by atoms with Crippen molar-refractivity contribution >= 4 is 17.6 Å². The summed E-state index contributed by atoms with van der Waals surface area (Å²) in [4.78, 5) is 27.1. The molecule has 0 spiro atoms. The van der Waals surface area contributed by atoms with Crippen LogP contribution in [-0.4, -0.2) is 28.0 Å². The van der Waals surface area contributed by atoms with Gasteiger partial charge in [0.1, 0.15) is 11.7 Å². The topological polar surface area (TPSA) is 105 Å². The number of hydrogen-bond acceptors (Lipinski definition) is 4. The van der Waals surface area contributed by atoms with Gasteiger partial charge in [0.25, 0.3) is 5.91 Å². The summed E-state index contributed by atoms with van der Waals surface area (Å²) < 4.78 is 0. The number of nitrogens with zero attached hydrogens (tertiary/aromatic N) is 1. The fraction of sp³-hybridized carbons (Fsp3) is 0.133. The van der Waals surface area contributed by atoms with Gasteiger partial charge in [0.2, 0.25) is 0 Å². The summed E-state index contributed by atoms with van der Waals surface area (Å²) in [7, 11) is 0. The number of aromatic nitrogens is 1. The number of nitrogens with two attached hydrogens (primary N) is 1. The van der Waals surface area contributed by atoms with Gasteiger partial charge in [-0.2, -0.15) is 0 Å². The van der Waals surface area contributed by atoms with Crippen LogP contribution in [0.4, 0.5) is 5.69 Å². The molecular formula is C15H15N3O3. The maximum atomic E-state index is 12.0. The second-order valence-electron chi connectivity index (χ2n) is 4.53. The van der Waals surface area contributed by atoms with Crippen molar-refractivity contribution in [3.05, 3.63) is 59.9 Å². The molecule has 0 aliphatic rings. The zero-order chi connectivity index (χ0) is 15.2. The highest BCUT2D eigenvalue weighted by Gasteiger charge is 2.21. The lowest BCUT2D eigenvalue weighted by atomic mass is 10.1. The van der Waals surface area contributed by atoms with E-state index in [0.717, 1.165) is 5.56 Å². The van der Waals surface area contributed by atoms with E-state index in [1.165, 1.54) is 18.3 Å². The van der Waals surface area contributed by atoms with Gasteiger partial charge in [-0.05, 0) is 17.7 Å². The van der Waals surface area contributed by atoms with Gasteiger partial charge in [-0.1, -0.05) is 30.3 Å². The second kappa shape index (κ2) is 6.51. The molecule has 6 heteroatoms. The Balaban J connectivity index is 2.07. The fourth-order valence-corrected chi connectivity index (χ4v) is 1.82. The highest BCUT2D eigenvalue weighted by Crippen LogP contribution is 2.06. The van der Waals surface area contributed by atoms with Gasteiger partial charge in [0, 0.05) is 6.42 Å². The number of carbonyl (C=O) groups is 2. The molecule has 0 fully saturated rings. The first-order valence-electron chi connectivity index (χ1n) is 6.35. The third-order valence-electron chi connectivity index (χ3n) is 2.91. The lowest BCUT2D eigenvalue weighted by Gasteiger charge is -2.14. The zero-order valence-corrected chi connectivity index (χ0v) is 11.2. The Kier molecular flexibility index (Phi) is 4.50. The average molecular weight is 285 g/mol. The molecule has 21 heavy (non-hydrogen) atoms. The number of rotatable bonds is 5. The summed E-state index contributed by atoms with van der Waals surface area (Å²) in [5.41, 5.74) is 6.88. The smallest absolute Gasteiger partial charge is 0.326 e. The Hall–Kier alpha value is -2.89. The third kappa shape index (κ3) is 4.04. The lowest BCUT2D eigenvalue weighted by Crippen LogP contribution is -2.42. The van der Waals surface area contributed by atoms with Crippen molar-refractivity contribution in [2.75, 3.05) is 5.73 Å². The van der Waals surface area contributed by atoms with Crippen LogP contribution in [0.5, 0.6) is 0 Å². The minimum atomic E-state index is -1.09. The number of benzene rings is 1. The van der Waals surface area contributed by atoms with Gasteiger partial charge in [-0.25, -0.2) is 9.78 Å². The number of carbonyl (C=O) groups excluding carboxylic acids is 1. The third-order valence-corrected chi connectivity index (χ3v) is 2.91. The Morgan fingerprint density at radius 3 is 2.48 bits per heavy atom. The monoisotopic (exact) mass is 285 g/mol.